The summed E-state index contributed by atoms with van der Waals surface area (Å²) in [6.07, 6.45) is 4.15. The molecule has 18 heavy (non-hydrogen) atoms. The highest BCUT2D eigenvalue weighted by Crippen LogP contribution is 2.39. The number of rotatable bonds is 7. The summed E-state index contributed by atoms with van der Waals surface area (Å²) in [6.45, 7) is 13.2. The van der Waals surface area contributed by atoms with Crippen molar-refractivity contribution in [2.45, 2.75) is 60.0 Å². The number of nitrogens with zero attached hydrogens (tertiary/aromatic N) is 2. The molecule has 0 fully saturated rings. The first-order valence-electron chi connectivity index (χ1n) is 6.92. The third kappa shape index (κ3) is 3.35. The molecule has 0 aromatic carbocycles. The van der Waals surface area contributed by atoms with Crippen LogP contribution < -0.4 is 5.32 Å². The molecule has 0 amide bonds. The minimum Gasteiger partial charge on any atom is -0.308 e. The molecule has 1 N–H and O–H groups in total. The summed E-state index contributed by atoms with van der Waals surface area (Å²) in [5.74, 6) is 0. The molecule has 3 nitrogen and oxygen atoms in total. The second-order valence-corrected chi connectivity index (χ2v) is 6.29. The summed E-state index contributed by atoms with van der Waals surface area (Å²) in [4.78, 5) is 0. The summed E-state index contributed by atoms with van der Waals surface area (Å²) in [5, 5.41) is 8.11. The first kappa shape index (κ1) is 15.7. The zero-order chi connectivity index (χ0) is 13.8. The molecular formula is C14H26BrN3. The van der Waals surface area contributed by atoms with Crippen molar-refractivity contribution in [2.24, 2.45) is 5.41 Å². The average Bonchev–Trinajstić information content (AvgIpc) is 2.68. The van der Waals surface area contributed by atoms with Gasteiger partial charge in [0.05, 0.1) is 22.4 Å². The van der Waals surface area contributed by atoms with Crippen LogP contribution in [0, 0.1) is 5.41 Å². The third-order valence-electron chi connectivity index (χ3n) is 3.64. The van der Waals surface area contributed by atoms with Crippen LogP contribution in [-0.2, 0) is 6.54 Å². The molecule has 1 aromatic heterocycles. The van der Waals surface area contributed by atoms with E-state index >= 15 is 0 Å². The quantitative estimate of drug-likeness (QED) is 0.819. The van der Waals surface area contributed by atoms with Crippen molar-refractivity contribution in [1.82, 2.24) is 15.1 Å². The lowest BCUT2D eigenvalue weighted by Gasteiger charge is -2.35. The van der Waals surface area contributed by atoms with Gasteiger partial charge in [0.1, 0.15) is 0 Å². The molecule has 0 spiro atoms. The van der Waals surface area contributed by atoms with Crippen LogP contribution in [-0.4, -0.2) is 16.3 Å². The fraction of sp³-hybridized carbons (Fsp3) is 0.786. The van der Waals surface area contributed by atoms with Crippen molar-refractivity contribution in [2.75, 3.05) is 6.54 Å². The van der Waals surface area contributed by atoms with Crippen LogP contribution in [0.5, 0.6) is 0 Å². The molecule has 104 valence electrons. The van der Waals surface area contributed by atoms with Gasteiger partial charge in [-0.05, 0) is 40.7 Å². The second kappa shape index (κ2) is 6.71. The van der Waals surface area contributed by atoms with Gasteiger partial charge in [-0.1, -0.05) is 34.6 Å². The monoisotopic (exact) mass is 315 g/mol. The summed E-state index contributed by atoms with van der Waals surface area (Å²) in [5.41, 5.74) is 1.50. The predicted molar refractivity (Wildman–Crippen MR) is 80.7 cm³/mol. The van der Waals surface area contributed by atoms with E-state index in [1.807, 2.05) is 6.20 Å². The largest absolute Gasteiger partial charge is 0.308 e. The Hall–Kier alpha value is -0.350. The van der Waals surface area contributed by atoms with E-state index in [1.54, 1.807) is 0 Å². The Bertz CT molecular complexity index is 371. The van der Waals surface area contributed by atoms with E-state index in [-0.39, 0.29) is 5.41 Å². The standard InChI is InChI=1S/C14H26BrN3/c1-6-9-18-12(11(15)10-17-18)13(16-8-3)14(4,5)7-2/h10,13,16H,6-9H2,1-5H3. The maximum atomic E-state index is 4.49. The Balaban J connectivity index is 3.16. The Morgan fingerprint density at radius 3 is 2.56 bits per heavy atom. The van der Waals surface area contributed by atoms with Crippen LogP contribution >= 0.6 is 15.9 Å². The van der Waals surface area contributed by atoms with E-state index in [0.717, 1.165) is 30.4 Å². The lowest BCUT2D eigenvalue weighted by atomic mass is 9.80. The fourth-order valence-electron chi connectivity index (χ4n) is 2.20. The first-order chi connectivity index (χ1) is 8.47. The van der Waals surface area contributed by atoms with E-state index in [4.69, 9.17) is 0 Å². The van der Waals surface area contributed by atoms with Crippen LogP contribution in [0.1, 0.15) is 59.2 Å². The summed E-state index contributed by atoms with van der Waals surface area (Å²) < 4.78 is 3.25. The molecular weight excluding hydrogens is 290 g/mol. The Kier molecular flexibility index (Phi) is 5.86. The zero-order valence-corrected chi connectivity index (χ0v) is 13.8. The smallest absolute Gasteiger partial charge is 0.0701 e. The van der Waals surface area contributed by atoms with Crippen molar-refractivity contribution in [3.8, 4) is 0 Å². The molecule has 1 aromatic rings. The molecule has 0 aliphatic heterocycles. The van der Waals surface area contributed by atoms with E-state index < -0.39 is 0 Å². The molecule has 1 rings (SSSR count). The van der Waals surface area contributed by atoms with E-state index in [9.17, 15) is 0 Å². The van der Waals surface area contributed by atoms with Crippen LogP contribution in [0.2, 0.25) is 0 Å². The van der Waals surface area contributed by atoms with E-state index in [2.05, 4.69) is 65.6 Å². The highest BCUT2D eigenvalue weighted by atomic mass is 79.9. The maximum absolute atomic E-state index is 4.49. The minimum atomic E-state index is 0.212. The van der Waals surface area contributed by atoms with Gasteiger partial charge in [-0.2, -0.15) is 5.10 Å². The average molecular weight is 316 g/mol. The van der Waals surface area contributed by atoms with Gasteiger partial charge in [0, 0.05) is 6.54 Å². The number of hydrogen-bond donors (Lipinski definition) is 1. The normalized spacial score (nSPS) is 13.9. The molecule has 0 aliphatic rings. The van der Waals surface area contributed by atoms with Crippen LogP contribution in [0.3, 0.4) is 0 Å². The van der Waals surface area contributed by atoms with Crippen molar-refractivity contribution in [1.29, 1.82) is 0 Å². The molecule has 0 radical (unpaired) electrons. The van der Waals surface area contributed by atoms with Gasteiger partial charge in [0.25, 0.3) is 0 Å². The fourth-order valence-corrected chi connectivity index (χ4v) is 2.73. The van der Waals surface area contributed by atoms with Gasteiger partial charge >= 0.3 is 0 Å². The van der Waals surface area contributed by atoms with Gasteiger partial charge in [-0.15, -0.1) is 0 Å². The van der Waals surface area contributed by atoms with Crippen molar-refractivity contribution < 1.29 is 0 Å². The Morgan fingerprint density at radius 2 is 2.06 bits per heavy atom. The molecule has 0 saturated heterocycles. The third-order valence-corrected chi connectivity index (χ3v) is 4.25. The molecule has 1 atom stereocenters. The van der Waals surface area contributed by atoms with Crippen LogP contribution in [0.15, 0.2) is 10.7 Å². The summed E-state index contributed by atoms with van der Waals surface area (Å²) >= 11 is 3.66. The van der Waals surface area contributed by atoms with Gasteiger partial charge in [-0.3, -0.25) is 4.68 Å². The molecule has 1 unspecified atom stereocenters. The van der Waals surface area contributed by atoms with Crippen molar-refractivity contribution in [3.05, 3.63) is 16.4 Å². The van der Waals surface area contributed by atoms with Crippen LogP contribution in [0.4, 0.5) is 0 Å². The maximum Gasteiger partial charge on any atom is 0.0701 e. The highest BCUT2D eigenvalue weighted by molar-refractivity contribution is 9.10. The molecule has 1 heterocycles. The Labute approximate surface area is 119 Å². The number of hydrogen-bond acceptors (Lipinski definition) is 2. The van der Waals surface area contributed by atoms with Gasteiger partial charge < -0.3 is 5.32 Å². The molecule has 0 aliphatic carbocycles. The zero-order valence-electron chi connectivity index (χ0n) is 12.3. The van der Waals surface area contributed by atoms with Gasteiger partial charge in [0.2, 0.25) is 0 Å². The topological polar surface area (TPSA) is 29.9 Å². The van der Waals surface area contributed by atoms with Crippen LogP contribution in [0.25, 0.3) is 0 Å². The van der Waals surface area contributed by atoms with Gasteiger partial charge in [-0.25, -0.2) is 0 Å². The predicted octanol–water partition coefficient (Wildman–Crippen LogP) is 4.14. The highest BCUT2D eigenvalue weighted by Gasteiger charge is 2.32. The minimum absolute atomic E-state index is 0.212. The molecule has 0 bridgehead atoms. The number of nitrogens with one attached hydrogen (secondary N) is 1. The first-order valence-corrected chi connectivity index (χ1v) is 7.71. The molecule has 4 heteroatoms. The SMILES string of the molecule is CCCn1ncc(Br)c1C(NCC)C(C)(C)CC. The molecule has 0 saturated carbocycles. The van der Waals surface area contributed by atoms with E-state index in [1.165, 1.54) is 5.69 Å². The number of halogens is 1. The van der Waals surface area contributed by atoms with E-state index in [0.29, 0.717) is 6.04 Å². The lowest BCUT2D eigenvalue weighted by Crippen LogP contribution is -2.35. The van der Waals surface area contributed by atoms with Gasteiger partial charge in [0.15, 0.2) is 0 Å². The summed E-state index contributed by atoms with van der Waals surface area (Å²) in [7, 11) is 0. The second-order valence-electron chi connectivity index (χ2n) is 5.43. The summed E-state index contributed by atoms with van der Waals surface area (Å²) in [6, 6.07) is 0.330. The number of aromatic nitrogens is 2. The Morgan fingerprint density at radius 1 is 1.39 bits per heavy atom. The lowest BCUT2D eigenvalue weighted by molar-refractivity contribution is 0.224. The number of aryl methyl sites for hydroxylation is 1. The van der Waals surface area contributed by atoms with Crippen molar-refractivity contribution in [3.63, 3.8) is 0 Å². The van der Waals surface area contributed by atoms with Crippen molar-refractivity contribution >= 4 is 15.9 Å².